The van der Waals surface area contributed by atoms with E-state index in [1.807, 2.05) is 24.3 Å². The summed E-state index contributed by atoms with van der Waals surface area (Å²) in [7, 11) is 0. The number of nitro benzene ring substituents is 1. The summed E-state index contributed by atoms with van der Waals surface area (Å²) in [5.41, 5.74) is 2.53. The minimum absolute atomic E-state index is 0.0178. The molecule has 0 spiro atoms. The minimum Gasteiger partial charge on any atom is -0.384 e. The van der Waals surface area contributed by atoms with Crippen LogP contribution in [0.5, 0.6) is 0 Å². The zero-order chi connectivity index (χ0) is 20.6. The van der Waals surface area contributed by atoms with Crippen molar-refractivity contribution in [2.75, 3.05) is 18.4 Å². The summed E-state index contributed by atoms with van der Waals surface area (Å²) in [5, 5.41) is 18.4. The molecule has 0 atom stereocenters. The molecule has 0 unspecified atom stereocenters. The Balaban J connectivity index is 1.42. The molecule has 0 aliphatic rings. The fourth-order valence-corrected chi connectivity index (χ4v) is 2.90. The Morgan fingerprint density at radius 2 is 1.93 bits per heavy atom. The summed E-state index contributed by atoms with van der Waals surface area (Å²) < 4.78 is 0. The van der Waals surface area contributed by atoms with E-state index in [4.69, 9.17) is 11.6 Å². The van der Waals surface area contributed by atoms with Gasteiger partial charge in [0.15, 0.2) is 0 Å². The summed E-state index contributed by atoms with van der Waals surface area (Å²) in [4.78, 5) is 26.4. The second-order valence-electron chi connectivity index (χ2n) is 6.27. The van der Waals surface area contributed by atoms with Crippen molar-refractivity contribution in [3.8, 4) is 0 Å². The van der Waals surface area contributed by atoms with Gasteiger partial charge in [0.25, 0.3) is 5.69 Å². The number of aromatic nitrogens is 1. The van der Waals surface area contributed by atoms with Gasteiger partial charge in [-0.05, 0) is 54.5 Å². The van der Waals surface area contributed by atoms with Crippen LogP contribution in [0.1, 0.15) is 12.0 Å². The molecule has 0 aliphatic carbocycles. The van der Waals surface area contributed by atoms with Crippen LogP contribution in [0.15, 0.2) is 60.8 Å². The Morgan fingerprint density at radius 1 is 1.14 bits per heavy atom. The number of anilines is 1. The van der Waals surface area contributed by atoms with Crippen LogP contribution in [-0.2, 0) is 4.79 Å². The van der Waals surface area contributed by atoms with E-state index in [-0.39, 0.29) is 11.6 Å². The van der Waals surface area contributed by atoms with Crippen LogP contribution in [0.4, 0.5) is 11.4 Å². The van der Waals surface area contributed by atoms with E-state index in [9.17, 15) is 14.9 Å². The SMILES string of the molecule is O=C(/C=C/c1ccc([N+](=O)[O-])cc1)NCCCNc1ccnc2cc(Cl)ccc12. The maximum absolute atomic E-state index is 11.9. The van der Waals surface area contributed by atoms with Gasteiger partial charge in [-0.15, -0.1) is 0 Å². The Labute approximate surface area is 172 Å². The number of hydrogen-bond donors (Lipinski definition) is 2. The number of carbonyl (C=O) groups excluding carboxylic acids is 1. The van der Waals surface area contributed by atoms with Crippen LogP contribution in [0.2, 0.25) is 5.02 Å². The average molecular weight is 411 g/mol. The van der Waals surface area contributed by atoms with Crippen molar-refractivity contribution in [2.45, 2.75) is 6.42 Å². The molecule has 0 fully saturated rings. The lowest BCUT2D eigenvalue weighted by atomic mass is 10.2. The molecule has 3 rings (SSSR count). The molecule has 1 heterocycles. The Bertz CT molecular complexity index is 1050. The summed E-state index contributed by atoms with van der Waals surface area (Å²) in [6.07, 6.45) is 5.50. The summed E-state index contributed by atoms with van der Waals surface area (Å²) >= 11 is 6.00. The largest absolute Gasteiger partial charge is 0.384 e. The number of hydrogen-bond acceptors (Lipinski definition) is 5. The monoisotopic (exact) mass is 410 g/mol. The quantitative estimate of drug-likeness (QED) is 0.248. The number of rotatable bonds is 8. The highest BCUT2D eigenvalue weighted by Gasteiger charge is 2.04. The van der Waals surface area contributed by atoms with Gasteiger partial charge in [-0.25, -0.2) is 0 Å². The number of pyridine rings is 1. The predicted molar refractivity (Wildman–Crippen MR) is 115 cm³/mol. The van der Waals surface area contributed by atoms with Gasteiger partial charge in [0.05, 0.1) is 10.4 Å². The van der Waals surface area contributed by atoms with Crippen molar-refractivity contribution in [3.63, 3.8) is 0 Å². The molecule has 0 bridgehead atoms. The van der Waals surface area contributed by atoms with Crippen molar-refractivity contribution in [3.05, 3.63) is 81.5 Å². The third kappa shape index (κ3) is 5.76. The normalized spacial score (nSPS) is 10.9. The van der Waals surface area contributed by atoms with Crippen molar-refractivity contribution < 1.29 is 9.72 Å². The number of amides is 1. The van der Waals surface area contributed by atoms with E-state index in [2.05, 4.69) is 15.6 Å². The molecular weight excluding hydrogens is 392 g/mol. The van der Waals surface area contributed by atoms with Crippen molar-refractivity contribution in [1.29, 1.82) is 0 Å². The third-order valence-electron chi connectivity index (χ3n) is 4.20. The lowest BCUT2D eigenvalue weighted by Crippen LogP contribution is -2.23. The molecule has 0 radical (unpaired) electrons. The number of benzene rings is 2. The highest BCUT2D eigenvalue weighted by molar-refractivity contribution is 6.31. The van der Waals surface area contributed by atoms with Gasteiger partial charge in [0, 0.05) is 53.6 Å². The standard InChI is InChI=1S/C21H19ClN4O3/c22-16-5-8-18-19(10-13-24-20(18)14-16)23-11-1-12-25-21(27)9-4-15-2-6-17(7-3-15)26(28)29/h2-10,13-14H,1,11-12H2,(H,23,24)(H,25,27)/b9-4+. The Kier molecular flexibility index (Phi) is 6.76. The first-order valence-corrected chi connectivity index (χ1v) is 9.39. The topological polar surface area (TPSA) is 97.2 Å². The molecule has 1 amide bonds. The van der Waals surface area contributed by atoms with E-state index in [1.165, 1.54) is 18.2 Å². The maximum atomic E-state index is 11.9. The van der Waals surface area contributed by atoms with E-state index in [1.54, 1.807) is 24.4 Å². The van der Waals surface area contributed by atoms with E-state index < -0.39 is 4.92 Å². The van der Waals surface area contributed by atoms with Crippen LogP contribution in [0.25, 0.3) is 17.0 Å². The number of fused-ring (bicyclic) bond motifs is 1. The van der Waals surface area contributed by atoms with Gasteiger partial charge in [-0.1, -0.05) is 11.6 Å². The number of nitrogens with one attached hydrogen (secondary N) is 2. The molecule has 0 saturated heterocycles. The van der Waals surface area contributed by atoms with Crippen LogP contribution < -0.4 is 10.6 Å². The number of carbonyl (C=O) groups is 1. The lowest BCUT2D eigenvalue weighted by molar-refractivity contribution is -0.384. The number of nitro groups is 1. The highest BCUT2D eigenvalue weighted by atomic mass is 35.5. The molecule has 0 saturated carbocycles. The number of nitrogens with zero attached hydrogens (tertiary/aromatic N) is 2. The second-order valence-corrected chi connectivity index (χ2v) is 6.71. The van der Waals surface area contributed by atoms with Crippen LogP contribution in [0, 0.1) is 10.1 Å². The first-order valence-electron chi connectivity index (χ1n) is 9.01. The molecule has 1 aromatic heterocycles. The van der Waals surface area contributed by atoms with Crippen molar-refractivity contribution in [2.24, 2.45) is 0 Å². The zero-order valence-electron chi connectivity index (χ0n) is 15.5. The molecule has 2 N–H and O–H groups in total. The fourth-order valence-electron chi connectivity index (χ4n) is 2.74. The fraction of sp³-hybridized carbons (Fsp3) is 0.143. The summed E-state index contributed by atoms with van der Waals surface area (Å²) in [5.74, 6) is -0.215. The zero-order valence-corrected chi connectivity index (χ0v) is 16.2. The molecule has 148 valence electrons. The summed E-state index contributed by atoms with van der Waals surface area (Å²) in [6, 6.07) is 13.5. The molecule has 8 heteroatoms. The van der Waals surface area contributed by atoms with Gasteiger partial charge in [0.2, 0.25) is 5.91 Å². The summed E-state index contributed by atoms with van der Waals surface area (Å²) in [6.45, 7) is 1.21. The molecule has 7 nitrogen and oxygen atoms in total. The first-order chi connectivity index (χ1) is 14.0. The minimum atomic E-state index is -0.460. The van der Waals surface area contributed by atoms with Gasteiger partial charge in [-0.2, -0.15) is 0 Å². The first kappa shape index (κ1) is 20.3. The van der Waals surface area contributed by atoms with Gasteiger partial charge < -0.3 is 10.6 Å². The Morgan fingerprint density at radius 3 is 2.69 bits per heavy atom. The molecule has 3 aromatic rings. The maximum Gasteiger partial charge on any atom is 0.269 e. The number of halogens is 1. The molecule has 0 aliphatic heterocycles. The smallest absolute Gasteiger partial charge is 0.269 e. The van der Waals surface area contributed by atoms with Gasteiger partial charge in [0.1, 0.15) is 0 Å². The molecular formula is C21H19ClN4O3. The number of non-ortho nitro benzene ring substituents is 1. The van der Waals surface area contributed by atoms with E-state index >= 15 is 0 Å². The second kappa shape index (κ2) is 9.66. The average Bonchev–Trinajstić information content (AvgIpc) is 2.72. The van der Waals surface area contributed by atoms with Crippen molar-refractivity contribution >= 4 is 45.9 Å². The highest BCUT2D eigenvalue weighted by Crippen LogP contribution is 2.24. The van der Waals surface area contributed by atoms with E-state index in [0.29, 0.717) is 18.1 Å². The van der Waals surface area contributed by atoms with E-state index in [0.717, 1.165) is 28.6 Å². The van der Waals surface area contributed by atoms with Crippen molar-refractivity contribution in [1.82, 2.24) is 10.3 Å². The predicted octanol–water partition coefficient (Wildman–Crippen LogP) is 4.43. The van der Waals surface area contributed by atoms with Crippen LogP contribution in [0.3, 0.4) is 0 Å². The van der Waals surface area contributed by atoms with Gasteiger partial charge in [-0.3, -0.25) is 19.9 Å². The van der Waals surface area contributed by atoms with Crippen LogP contribution >= 0.6 is 11.6 Å². The molecule has 2 aromatic carbocycles. The lowest BCUT2D eigenvalue weighted by Gasteiger charge is -2.09. The van der Waals surface area contributed by atoms with Crippen LogP contribution in [-0.4, -0.2) is 28.9 Å². The molecule has 29 heavy (non-hydrogen) atoms. The van der Waals surface area contributed by atoms with Gasteiger partial charge >= 0.3 is 0 Å². The third-order valence-corrected chi connectivity index (χ3v) is 4.44. The Hall–Kier alpha value is -3.45.